The van der Waals surface area contributed by atoms with Gasteiger partial charge in [-0.25, -0.2) is 21.8 Å². The van der Waals surface area contributed by atoms with E-state index < -0.39 is 38.1 Å². The van der Waals surface area contributed by atoms with Crippen molar-refractivity contribution in [2.45, 2.75) is 49.8 Å². The number of nitrogens with zero attached hydrogens (tertiary/aromatic N) is 4. The molecule has 0 saturated heterocycles. The fraction of sp³-hybridized carbons (Fsp3) is 0.542. The van der Waals surface area contributed by atoms with Crippen LogP contribution in [0, 0.1) is 23.7 Å². The predicted octanol–water partition coefficient (Wildman–Crippen LogP) is 1.52. The Morgan fingerprint density at radius 1 is 1.31 bits per heavy atom. The molecular weight excluding hydrogens is 504 g/mol. The number of likely N-dealkylation sites (N-methyl/N-ethyl adjacent to an activating group) is 1. The van der Waals surface area contributed by atoms with Gasteiger partial charge in [0.2, 0.25) is 10.0 Å². The molecule has 0 unspecified atom stereocenters. The zero-order valence-corrected chi connectivity index (χ0v) is 23.0. The molecule has 12 heteroatoms. The SMILES string of the molecule is CC(C)C#Cc1ccc2c(c1)O[C@H](CN(C)S(=O)(=O)c1cn(C)cn1)[C@H](C)CN([C@@H](C)CO)S2(=O)=O. The minimum atomic E-state index is -4.00. The monoisotopic (exact) mass is 538 g/mol. The lowest BCUT2D eigenvalue weighted by Gasteiger charge is -2.37. The lowest BCUT2D eigenvalue weighted by Crippen LogP contribution is -2.50. The number of ether oxygens (including phenoxy) is 1. The van der Waals surface area contributed by atoms with Crippen LogP contribution in [0.25, 0.3) is 0 Å². The summed E-state index contributed by atoms with van der Waals surface area (Å²) >= 11 is 0. The van der Waals surface area contributed by atoms with E-state index in [0.717, 1.165) is 4.31 Å². The van der Waals surface area contributed by atoms with Gasteiger partial charge in [-0.3, -0.25) is 0 Å². The first-order chi connectivity index (χ1) is 16.8. The molecule has 0 bridgehead atoms. The summed E-state index contributed by atoms with van der Waals surface area (Å²) in [4.78, 5) is 3.91. The molecule has 0 fully saturated rings. The van der Waals surface area contributed by atoms with Gasteiger partial charge in [0.15, 0.2) is 5.03 Å². The molecule has 1 N–H and O–H groups in total. The number of rotatable bonds is 6. The van der Waals surface area contributed by atoms with Crippen molar-refractivity contribution in [1.82, 2.24) is 18.2 Å². The molecule has 1 aliphatic rings. The molecule has 3 atom stereocenters. The van der Waals surface area contributed by atoms with Crippen LogP contribution in [0.15, 0.2) is 40.6 Å². The summed E-state index contributed by atoms with van der Waals surface area (Å²) < 4.78 is 63.5. The highest BCUT2D eigenvalue weighted by atomic mass is 32.2. The molecule has 0 aliphatic carbocycles. The second kappa shape index (κ2) is 10.9. The van der Waals surface area contributed by atoms with Gasteiger partial charge in [-0.1, -0.05) is 32.6 Å². The number of fused-ring (bicyclic) bond motifs is 1. The highest BCUT2D eigenvalue weighted by Gasteiger charge is 2.39. The molecule has 1 aliphatic heterocycles. The summed E-state index contributed by atoms with van der Waals surface area (Å²) in [5.41, 5.74) is 0.584. The van der Waals surface area contributed by atoms with Crippen LogP contribution in [0.3, 0.4) is 0 Å². The zero-order chi connectivity index (χ0) is 26.8. The molecule has 36 heavy (non-hydrogen) atoms. The smallest absolute Gasteiger partial charge is 0.261 e. The molecular formula is C24H34N4O6S2. The Bertz CT molecular complexity index is 1360. The fourth-order valence-corrected chi connectivity index (χ4v) is 6.75. The standard InChI is InChI=1S/C24H34N4O6S2/c1-17(2)7-8-20-9-10-23-21(11-20)34-22(18(3)12-28(19(4)15-29)35(23,30)31)13-27(6)36(32,33)24-14-26(5)16-25-24/h9-11,14,16-19,22,29H,12-13,15H2,1-6H3/t18-,19+,22-/m1/s1. The Kier molecular flexibility index (Phi) is 8.52. The maximum absolute atomic E-state index is 13.6. The van der Waals surface area contributed by atoms with E-state index >= 15 is 0 Å². The van der Waals surface area contributed by atoms with Crippen LogP contribution in [0.1, 0.15) is 33.3 Å². The van der Waals surface area contributed by atoms with Crippen LogP contribution < -0.4 is 4.74 Å². The van der Waals surface area contributed by atoms with Crippen molar-refractivity contribution in [3.63, 3.8) is 0 Å². The Morgan fingerprint density at radius 2 is 2.00 bits per heavy atom. The minimum absolute atomic E-state index is 0.0389. The number of benzene rings is 1. The highest BCUT2D eigenvalue weighted by molar-refractivity contribution is 7.89. The maximum Gasteiger partial charge on any atom is 0.261 e. The average Bonchev–Trinajstić information content (AvgIpc) is 3.26. The largest absolute Gasteiger partial charge is 0.487 e. The number of sulfonamides is 2. The van der Waals surface area contributed by atoms with E-state index in [0.29, 0.717) is 5.56 Å². The van der Waals surface area contributed by atoms with Gasteiger partial charge in [-0.2, -0.15) is 8.61 Å². The van der Waals surface area contributed by atoms with E-state index in [-0.39, 0.29) is 41.3 Å². The molecule has 0 amide bonds. The van der Waals surface area contributed by atoms with E-state index in [1.165, 1.54) is 29.9 Å². The maximum atomic E-state index is 13.6. The van der Waals surface area contributed by atoms with Gasteiger partial charge in [0.25, 0.3) is 10.0 Å². The molecule has 1 aromatic heterocycles. The van der Waals surface area contributed by atoms with Crippen molar-refractivity contribution in [2.24, 2.45) is 18.9 Å². The van der Waals surface area contributed by atoms with Crippen molar-refractivity contribution in [3.8, 4) is 17.6 Å². The van der Waals surface area contributed by atoms with E-state index in [4.69, 9.17) is 4.74 Å². The lowest BCUT2D eigenvalue weighted by atomic mass is 10.0. The van der Waals surface area contributed by atoms with Crippen LogP contribution >= 0.6 is 0 Å². The number of aryl methyl sites for hydroxylation is 1. The second-order valence-corrected chi connectivity index (χ2v) is 13.3. The van der Waals surface area contributed by atoms with Crippen LogP contribution in [-0.4, -0.2) is 79.0 Å². The van der Waals surface area contributed by atoms with Gasteiger partial charge in [0.1, 0.15) is 16.7 Å². The Hall–Kier alpha value is -2.43. The Morgan fingerprint density at radius 3 is 2.58 bits per heavy atom. The summed E-state index contributed by atoms with van der Waals surface area (Å²) in [5, 5.41) is 9.69. The van der Waals surface area contributed by atoms with Gasteiger partial charge in [-0.15, -0.1) is 0 Å². The Balaban J connectivity index is 2.06. The van der Waals surface area contributed by atoms with Crippen LogP contribution in [0.5, 0.6) is 5.75 Å². The van der Waals surface area contributed by atoms with Gasteiger partial charge in [0.05, 0.1) is 19.5 Å². The third-order valence-electron chi connectivity index (χ3n) is 5.97. The highest BCUT2D eigenvalue weighted by Crippen LogP contribution is 2.34. The van der Waals surface area contributed by atoms with Crippen molar-refractivity contribution in [3.05, 3.63) is 36.3 Å². The van der Waals surface area contributed by atoms with Crippen molar-refractivity contribution in [1.29, 1.82) is 0 Å². The number of aromatic nitrogens is 2. The van der Waals surface area contributed by atoms with Gasteiger partial charge in [-0.05, 0) is 25.1 Å². The molecule has 2 aromatic rings. The summed E-state index contributed by atoms with van der Waals surface area (Å²) in [6.07, 6.45) is 2.13. The quantitative estimate of drug-likeness (QED) is 0.554. The van der Waals surface area contributed by atoms with Crippen molar-refractivity contribution < 1.29 is 26.7 Å². The molecule has 198 valence electrons. The average molecular weight is 539 g/mol. The zero-order valence-electron chi connectivity index (χ0n) is 21.4. The third kappa shape index (κ3) is 5.92. The van der Waals surface area contributed by atoms with Gasteiger partial charge >= 0.3 is 0 Å². The molecule has 0 spiro atoms. The summed E-state index contributed by atoms with van der Waals surface area (Å²) in [6, 6.07) is 3.96. The fourth-order valence-electron chi connectivity index (χ4n) is 3.78. The normalized spacial score (nSPS) is 21.1. The van der Waals surface area contributed by atoms with E-state index in [1.807, 2.05) is 13.8 Å². The van der Waals surface area contributed by atoms with Crippen molar-refractivity contribution >= 4 is 20.0 Å². The molecule has 0 saturated carbocycles. The first kappa shape index (κ1) is 28.1. The Labute approximate surface area is 214 Å². The molecule has 3 rings (SSSR count). The molecule has 10 nitrogen and oxygen atoms in total. The molecule has 1 aromatic carbocycles. The summed E-state index contributed by atoms with van der Waals surface area (Å²) in [7, 11) is -4.78. The lowest BCUT2D eigenvalue weighted by molar-refractivity contribution is 0.0904. The first-order valence-electron chi connectivity index (χ1n) is 11.7. The number of aliphatic hydroxyl groups is 1. The number of hydrogen-bond donors (Lipinski definition) is 1. The summed E-state index contributed by atoms with van der Waals surface area (Å²) in [6.45, 7) is 6.96. The van der Waals surface area contributed by atoms with E-state index in [1.54, 1.807) is 37.6 Å². The van der Waals surface area contributed by atoms with Crippen LogP contribution in [0.4, 0.5) is 0 Å². The molecule has 0 radical (unpaired) electrons. The van der Waals surface area contributed by atoms with Gasteiger partial charge < -0.3 is 14.4 Å². The second-order valence-electron chi connectivity index (χ2n) is 9.49. The number of aliphatic hydroxyl groups excluding tert-OH is 1. The molecule has 2 heterocycles. The minimum Gasteiger partial charge on any atom is -0.487 e. The topological polar surface area (TPSA) is 122 Å². The first-order valence-corrected chi connectivity index (χ1v) is 14.5. The third-order valence-corrected chi connectivity index (χ3v) is 9.69. The van der Waals surface area contributed by atoms with Crippen LogP contribution in [0.2, 0.25) is 0 Å². The number of hydrogen-bond acceptors (Lipinski definition) is 7. The van der Waals surface area contributed by atoms with E-state index in [2.05, 4.69) is 16.8 Å². The predicted molar refractivity (Wildman–Crippen MR) is 135 cm³/mol. The van der Waals surface area contributed by atoms with Crippen molar-refractivity contribution in [2.75, 3.05) is 26.7 Å². The van der Waals surface area contributed by atoms with Crippen LogP contribution in [-0.2, 0) is 27.1 Å². The number of imidazole rings is 1. The van der Waals surface area contributed by atoms with Gasteiger partial charge in [0, 0.05) is 50.3 Å². The summed E-state index contributed by atoms with van der Waals surface area (Å²) in [5.74, 6) is 5.88. The van der Waals surface area contributed by atoms with E-state index in [9.17, 15) is 21.9 Å².